The molecule has 1 atom stereocenters. The molecule has 11 heteroatoms. The van der Waals surface area contributed by atoms with Crippen LogP contribution in [0.5, 0.6) is 0 Å². The van der Waals surface area contributed by atoms with E-state index in [0.717, 1.165) is 40.8 Å². The van der Waals surface area contributed by atoms with E-state index in [1.54, 1.807) is 6.07 Å². The Hall–Kier alpha value is -2.53. The number of thioether (sulfide) groups is 1. The first-order valence-electron chi connectivity index (χ1n) is 8.95. The number of nitrogens with one attached hydrogen (secondary N) is 3. The molecule has 1 aliphatic rings. The predicted octanol–water partition coefficient (Wildman–Crippen LogP) is 3.90. The molecule has 3 rings (SSSR count). The first-order valence-corrected chi connectivity index (χ1v) is 10.7. The summed E-state index contributed by atoms with van der Waals surface area (Å²) < 4.78 is 38.4. The number of rotatable bonds is 4. The van der Waals surface area contributed by atoms with E-state index in [-0.39, 0.29) is 12.1 Å². The van der Waals surface area contributed by atoms with Gasteiger partial charge in [-0.25, -0.2) is 0 Å². The second-order valence-electron chi connectivity index (χ2n) is 6.58. The molecule has 0 saturated carbocycles. The zero-order valence-electron chi connectivity index (χ0n) is 16.0. The molecule has 160 valence electrons. The van der Waals surface area contributed by atoms with Crippen LogP contribution in [0.25, 0.3) is 0 Å². The zero-order chi connectivity index (χ0) is 22.1. The summed E-state index contributed by atoms with van der Waals surface area (Å²) in [5, 5.41) is 1.58. The summed E-state index contributed by atoms with van der Waals surface area (Å²) in [6.45, 7) is 3.89. The van der Waals surface area contributed by atoms with Gasteiger partial charge in [0.05, 0.1) is 21.4 Å². The number of alkyl halides is 3. The second-order valence-corrected chi connectivity index (χ2v) is 8.96. The van der Waals surface area contributed by atoms with Gasteiger partial charge in [0.1, 0.15) is 0 Å². The third-order valence-corrected chi connectivity index (χ3v) is 7.03. The van der Waals surface area contributed by atoms with Gasteiger partial charge in [0, 0.05) is 16.2 Å². The summed E-state index contributed by atoms with van der Waals surface area (Å²) >= 11 is 2.34. The van der Waals surface area contributed by atoms with Crippen molar-refractivity contribution in [2.24, 2.45) is 0 Å². The van der Waals surface area contributed by atoms with Crippen molar-refractivity contribution >= 4 is 46.5 Å². The Morgan fingerprint density at radius 2 is 1.93 bits per heavy atom. The lowest BCUT2D eigenvalue weighted by molar-refractivity contribution is -0.137. The van der Waals surface area contributed by atoms with Gasteiger partial charge in [-0.2, -0.15) is 13.2 Å². The van der Waals surface area contributed by atoms with Gasteiger partial charge >= 0.3 is 6.18 Å². The van der Waals surface area contributed by atoms with Crippen LogP contribution >= 0.6 is 23.1 Å². The summed E-state index contributed by atoms with van der Waals surface area (Å²) in [5.74, 6) is -1.62. The molecule has 2 aromatic rings. The van der Waals surface area contributed by atoms with Crippen molar-refractivity contribution in [1.29, 1.82) is 0 Å². The number of fused-ring (bicyclic) bond motifs is 1. The van der Waals surface area contributed by atoms with Crippen LogP contribution in [0, 0.1) is 6.92 Å². The van der Waals surface area contributed by atoms with Crippen LogP contribution in [-0.2, 0) is 22.2 Å². The van der Waals surface area contributed by atoms with E-state index < -0.39 is 34.7 Å². The molecule has 6 nitrogen and oxygen atoms in total. The minimum Gasteiger partial charge on any atom is -0.324 e. The van der Waals surface area contributed by atoms with Crippen molar-refractivity contribution in [3.8, 4) is 0 Å². The molecule has 0 bridgehead atoms. The van der Waals surface area contributed by atoms with E-state index in [1.807, 2.05) is 13.8 Å². The van der Waals surface area contributed by atoms with Crippen LogP contribution < -0.4 is 16.2 Å². The standard InChI is InChI=1S/C19H18F3N3O3S2/c1-3-12-9(2)6-14(29-12)18(28)25-24-16(26)8-15-17(27)23-11-7-10(19(20,21)22)4-5-13(11)30-15/h4-7,15H,3,8H2,1-2H3,(H,23,27)(H,24,26)(H,25,28). The molecule has 1 aromatic heterocycles. The number of anilines is 1. The van der Waals surface area contributed by atoms with E-state index in [1.165, 1.54) is 17.4 Å². The molecule has 3 N–H and O–H groups in total. The minimum absolute atomic E-state index is 0.0598. The Kier molecular flexibility index (Phi) is 6.41. The molecular weight excluding hydrogens is 439 g/mol. The van der Waals surface area contributed by atoms with Crippen LogP contribution in [-0.4, -0.2) is 23.0 Å². The maximum Gasteiger partial charge on any atom is 0.416 e. The second kappa shape index (κ2) is 8.68. The number of amides is 3. The molecule has 0 aliphatic carbocycles. The molecule has 2 heterocycles. The van der Waals surface area contributed by atoms with Gasteiger partial charge in [-0.3, -0.25) is 25.2 Å². The highest BCUT2D eigenvalue weighted by atomic mass is 32.2. The Bertz CT molecular complexity index is 1000. The molecular formula is C19H18F3N3O3S2. The molecule has 30 heavy (non-hydrogen) atoms. The maximum atomic E-state index is 12.8. The topological polar surface area (TPSA) is 87.3 Å². The van der Waals surface area contributed by atoms with Gasteiger partial charge in [0.15, 0.2) is 0 Å². The van der Waals surface area contributed by atoms with Gasteiger partial charge in [-0.05, 0) is 43.2 Å². The highest BCUT2D eigenvalue weighted by molar-refractivity contribution is 8.01. The molecule has 0 fully saturated rings. The van der Waals surface area contributed by atoms with Crippen LogP contribution in [0.3, 0.4) is 0 Å². The van der Waals surface area contributed by atoms with Gasteiger partial charge < -0.3 is 5.32 Å². The number of halogens is 3. The summed E-state index contributed by atoms with van der Waals surface area (Å²) in [5.41, 5.74) is 4.79. The molecule has 0 saturated heterocycles. The smallest absolute Gasteiger partial charge is 0.324 e. The Morgan fingerprint density at radius 3 is 2.57 bits per heavy atom. The lowest BCUT2D eigenvalue weighted by Gasteiger charge is -2.24. The fraction of sp³-hybridized carbons (Fsp3) is 0.316. The number of thiophene rings is 1. The largest absolute Gasteiger partial charge is 0.416 e. The quantitative estimate of drug-likeness (QED) is 0.608. The Morgan fingerprint density at radius 1 is 1.20 bits per heavy atom. The summed E-state index contributed by atoms with van der Waals surface area (Å²) in [7, 11) is 0. The number of carbonyl (C=O) groups excluding carboxylic acids is 3. The third-order valence-electron chi connectivity index (χ3n) is 4.38. The van der Waals surface area contributed by atoms with E-state index >= 15 is 0 Å². The SMILES string of the molecule is CCc1sc(C(=O)NNC(=O)CC2Sc3ccc(C(F)(F)F)cc3NC2=O)cc1C. The molecule has 1 aromatic carbocycles. The van der Waals surface area contributed by atoms with Crippen molar-refractivity contribution in [3.63, 3.8) is 0 Å². The number of hydrogen-bond acceptors (Lipinski definition) is 5. The summed E-state index contributed by atoms with van der Waals surface area (Å²) in [6.07, 6.45) is -3.96. The van der Waals surface area contributed by atoms with Crippen molar-refractivity contribution in [2.45, 2.75) is 43.0 Å². The first kappa shape index (κ1) is 22.2. The van der Waals surface area contributed by atoms with Crippen molar-refractivity contribution in [1.82, 2.24) is 10.9 Å². The monoisotopic (exact) mass is 457 g/mol. The Labute approximate surface area is 178 Å². The molecule has 1 unspecified atom stereocenters. The zero-order valence-corrected chi connectivity index (χ0v) is 17.6. The minimum atomic E-state index is -4.52. The average molecular weight is 457 g/mol. The van der Waals surface area contributed by atoms with Crippen LogP contribution in [0.15, 0.2) is 29.2 Å². The van der Waals surface area contributed by atoms with E-state index in [0.29, 0.717) is 9.77 Å². The lowest BCUT2D eigenvalue weighted by atomic mass is 10.1. The first-order chi connectivity index (χ1) is 14.1. The molecule has 0 radical (unpaired) electrons. The van der Waals surface area contributed by atoms with Crippen LogP contribution in [0.4, 0.5) is 18.9 Å². The van der Waals surface area contributed by atoms with Crippen LogP contribution in [0.2, 0.25) is 0 Å². The summed E-state index contributed by atoms with van der Waals surface area (Å²) in [4.78, 5) is 38.5. The normalized spacial score (nSPS) is 15.9. The number of hydrogen-bond donors (Lipinski definition) is 3. The van der Waals surface area contributed by atoms with Crippen molar-refractivity contribution in [3.05, 3.63) is 45.1 Å². The van der Waals surface area contributed by atoms with Gasteiger partial charge in [-0.1, -0.05) is 6.92 Å². The van der Waals surface area contributed by atoms with E-state index in [4.69, 9.17) is 0 Å². The number of carbonyl (C=O) groups is 3. The molecule has 3 amide bonds. The fourth-order valence-corrected chi connectivity index (χ4v) is 4.95. The highest BCUT2D eigenvalue weighted by Gasteiger charge is 2.34. The van der Waals surface area contributed by atoms with Crippen LogP contribution in [0.1, 0.15) is 39.0 Å². The lowest BCUT2D eigenvalue weighted by Crippen LogP contribution is -2.43. The third kappa shape index (κ3) is 4.96. The van der Waals surface area contributed by atoms with Crippen molar-refractivity contribution in [2.75, 3.05) is 5.32 Å². The van der Waals surface area contributed by atoms with Gasteiger partial charge in [0.25, 0.3) is 5.91 Å². The van der Waals surface area contributed by atoms with E-state index in [2.05, 4.69) is 16.2 Å². The maximum absolute atomic E-state index is 12.8. The highest BCUT2D eigenvalue weighted by Crippen LogP contribution is 2.40. The fourth-order valence-electron chi connectivity index (χ4n) is 2.85. The molecule has 1 aliphatic heterocycles. The van der Waals surface area contributed by atoms with E-state index in [9.17, 15) is 27.6 Å². The van der Waals surface area contributed by atoms with Gasteiger partial charge in [-0.15, -0.1) is 23.1 Å². The molecule has 0 spiro atoms. The predicted molar refractivity (Wildman–Crippen MR) is 108 cm³/mol. The summed E-state index contributed by atoms with van der Waals surface area (Å²) in [6, 6.07) is 4.79. The van der Waals surface area contributed by atoms with Crippen molar-refractivity contribution < 1.29 is 27.6 Å². The average Bonchev–Trinajstić information content (AvgIpc) is 3.06. The number of benzene rings is 1. The number of hydrazine groups is 1. The van der Waals surface area contributed by atoms with Gasteiger partial charge in [0.2, 0.25) is 11.8 Å². The number of aryl methyl sites for hydroxylation is 2. The Balaban J connectivity index is 1.58.